The fraction of sp³-hybridized carbons (Fsp3) is 0.182. The third-order valence-electron chi connectivity index (χ3n) is 4.12. The molecule has 0 aliphatic heterocycles. The summed E-state index contributed by atoms with van der Waals surface area (Å²) in [5.74, 6) is 0.235. The van der Waals surface area contributed by atoms with Crippen molar-refractivity contribution >= 4 is 22.6 Å². The number of amides is 2. The summed E-state index contributed by atoms with van der Waals surface area (Å²) in [4.78, 5) is 24.0. The van der Waals surface area contributed by atoms with Gasteiger partial charge in [0.1, 0.15) is 11.5 Å². The molecule has 6 nitrogen and oxygen atoms in total. The molecule has 3 aromatic rings. The largest absolute Gasteiger partial charge is 0.484 e. The fourth-order valence-electron chi connectivity index (χ4n) is 2.55. The second-order valence-corrected chi connectivity index (χ2v) is 6.41. The van der Waals surface area contributed by atoms with E-state index in [0.717, 1.165) is 16.3 Å². The molecule has 6 heteroatoms. The Morgan fingerprint density at radius 2 is 1.57 bits per heavy atom. The Hall–Kier alpha value is -3.54. The molecule has 0 saturated carbocycles. The lowest BCUT2D eigenvalue weighted by Gasteiger charge is -2.15. The number of rotatable bonds is 6. The Morgan fingerprint density at radius 1 is 0.893 bits per heavy atom. The second kappa shape index (κ2) is 8.90. The van der Waals surface area contributed by atoms with Gasteiger partial charge in [-0.05, 0) is 48.9 Å². The van der Waals surface area contributed by atoms with Gasteiger partial charge >= 0.3 is 0 Å². The maximum atomic E-state index is 12.0. The van der Waals surface area contributed by atoms with Crippen LogP contribution in [0.2, 0.25) is 0 Å². The highest BCUT2D eigenvalue weighted by molar-refractivity contribution is 5.86. The van der Waals surface area contributed by atoms with Crippen LogP contribution in [-0.2, 0) is 9.59 Å². The third-order valence-corrected chi connectivity index (χ3v) is 4.12. The molecule has 0 aliphatic carbocycles. The Kier molecular flexibility index (Phi) is 6.11. The summed E-state index contributed by atoms with van der Waals surface area (Å²) in [6, 6.07) is 20.8. The van der Waals surface area contributed by atoms with Gasteiger partial charge in [-0.15, -0.1) is 0 Å². The lowest BCUT2D eigenvalue weighted by Crippen LogP contribution is -2.48. The SMILES string of the molecule is Cc1ccc(OC(C)C(=O)NNC(=O)COc2ccc3ccccc3c2)cc1. The summed E-state index contributed by atoms with van der Waals surface area (Å²) in [7, 11) is 0. The van der Waals surface area contributed by atoms with Crippen LogP contribution in [0.25, 0.3) is 10.8 Å². The van der Waals surface area contributed by atoms with Crippen LogP contribution in [-0.4, -0.2) is 24.5 Å². The maximum Gasteiger partial charge on any atom is 0.279 e. The van der Waals surface area contributed by atoms with Crippen molar-refractivity contribution in [2.75, 3.05) is 6.61 Å². The monoisotopic (exact) mass is 378 g/mol. The molecule has 0 saturated heterocycles. The first-order valence-electron chi connectivity index (χ1n) is 8.95. The Labute approximate surface area is 163 Å². The fourth-order valence-corrected chi connectivity index (χ4v) is 2.55. The molecule has 0 aliphatic rings. The first-order chi connectivity index (χ1) is 13.5. The summed E-state index contributed by atoms with van der Waals surface area (Å²) in [6.07, 6.45) is -0.760. The second-order valence-electron chi connectivity index (χ2n) is 6.41. The first kappa shape index (κ1) is 19.2. The summed E-state index contributed by atoms with van der Waals surface area (Å²) in [5.41, 5.74) is 5.76. The third kappa shape index (κ3) is 5.23. The van der Waals surface area contributed by atoms with E-state index in [0.29, 0.717) is 11.5 Å². The van der Waals surface area contributed by atoms with Crippen LogP contribution in [0.5, 0.6) is 11.5 Å². The number of nitrogens with one attached hydrogen (secondary N) is 2. The van der Waals surface area contributed by atoms with Gasteiger partial charge in [0.05, 0.1) is 0 Å². The summed E-state index contributed by atoms with van der Waals surface area (Å²) in [5, 5.41) is 2.12. The predicted octanol–water partition coefficient (Wildman–Crippen LogP) is 3.14. The standard InChI is InChI=1S/C22H22N2O4/c1-15-7-10-19(11-8-15)28-16(2)22(26)24-23-21(25)14-27-20-12-9-17-5-3-4-6-18(17)13-20/h3-13,16H,14H2,1-2H3,(H,23,25)(H,24,26). The molecule has 2 amide bonds. The Bertz CT molecular complexity index is 970. The van der Waals surface area contributed by atoms with Crippen LogP contribution in [0.3, 0.4) is 0 Å². The Balaban J connectivity index is 1.43. The van der Waals surface area contributed by atoms with Crippen molar-refractivity contribution in [3.8, 4) is 11.5 Å². The zero-order chi connectivity index (χ0) is 19.9. The minimum atomic E-state index is -0.760. The molecule has 0 spiro atoms. The van der Waals surface area contributed by atoms with Gasteiger partial charge in [-0.3, -0.25) is 20.4 Å². The summed E-state index contributed by atoms with van der Waals surface area (Å²) < 4.78 is 11.0. The quantitative estimate of drug-likeness (QED) is 0.646. The van der Waals surface area contributed by atoms with Gasteiger partial charge in [-0.2, -0.15) is 0 Å². The molecule has 0 radical (unpaired) electrons. The van der Waals surface area contributed by atoms with Crippen molar-refractivity contribution in [3.63, 3.8) is 0 Å². The minimum absolute atomic E-state index is 0.216. The molecule has 1 atom stereocenters. The molecule has 0 fully saturated rings. The van der Waals surface area contributed by atoms with E-state index in [4.69, 9.17) is 9.47 Å². The van der Waals surface area contributed by atoms with Gasteiger partial charge in [0, 0.05) is 0 Å². The number of benzene rings is 3. The summed E-state index contributed by atoms with van der Waals surface area (Å²) >= 11 is 0. The van der Waals surface area contributed by atoms with Crippen LogP contribution in [0.15, 0.2) is 66.7 Å². The van der Waals surface area contributed by atoms with E-state index < -0.39 is 17.9 Å². The van der Waals surface area contributed by atoms with Crippen LogP contribution in [0, 0.1) is 6.92 Å². The lowest BCUT2D eigenvalue weighted by atomic mass is 10.1. The van der Waals surface area contributed by atoms with E-state index in [-0.39, 0.29) is 6.61 Å². The highest BCUT2D eigenvalue weighted by atomic mass is 16.5. The zero-order valence-electron chi connectivity index (χ0n) is 15.8. The highest BCUT2D eigenvalue weighted by Gasteiger charge is 2.15. The molecule has 0 heterocycles. The average molecular weight is 378 g/mol. The van der Waals surface area contributed by atoms with E-state index in [2.05, 4.69) is 10.9 Å². The molecule has 3 rings (SSSR count). The van der Waals surface area contributed by atoms with E-state index in [1.54, 1.807) is 25.1 Å². The van der Waals surface area contributed by atoms with Crippen molar-refractivity contribution in [3.05, 3.63) is 72.3 Å². The van der Waals surface area contributed by atoms with E-state index in [1.807, 2.05) is 55.5 Å². The number of hydrazine groups is 1. The normalized spacial score (nSPS) is 11.5. The molecule has 1 unspecified atom stereocenters. The number of carbonyl (C=O) groups excluding carboxylic acids is 2. The van der Waals surface area contributed by atoms with Crippen molar-refractivity contribution in [1.82, 2.24) is 10.9 Å². The van der Waals surface area contributed by atoms with Crippen molar-refractivity contribution in [2.45, 2.75) is 20.0 Å². The molecular weight excluding hydrogens is 356 g/mol. The predicted molar refractivity (Wildman–Crippen MR) is 107 cm³/mol. The van der Waals surface area contributed by atoms with Gasteiger partial charge in [0.2, 0.25) is 0 Å². The van der Waals surface area contributed by atoms with Crippen LogP contribution in [0.1, 0.15) is 12.5 Å². The highest BCUT2D eigenvalue weighted by Crippen LogP contribution is 2.20. The number of ether oxygens (including phenoxy) is 2. The van der Waals surface area contributed by atoms with E-state index in [9.17, 15) is 9.59 Å². The van der Waals surface area contributed by atoms with Gasteiger partial charge in [0.15, 0.2) is 12.7 Å². The molecular formula is C22H22N2O4. The minimum Gasteiger partial charge on any atom is -0.484 e. The number of fused-ring (bicyclic) bond motifs is 1. The molecule has 0 aromatic heterocycles. The van der Waals surface area contributed by atoms with Gasteiger partial charge in [-0.1, -0.05) is 48.0 Å². The van der Waals surface area contributed by atoms with Crippen LogP contribution < -0.4 is 20.3 Å². The van der Waals surface area contributed by atoms with Crippen LogP contribution >= 0.6 is 0 Å². The smallest absolute Gasteiger partial charge is 0.279 e. The Morgan fingerprint density at radius 3 is 2.32 bits per heavy atom. The van der Waals surface area contributed by atoms with Gasteiger partial charge < -0.3 is 9.47 Å². The van der Waals surface area contributed by atoms with E-state index >= 15 is 0 Å². The van der Waals surface area contributed by atoms with E-state index in [1.165, 1.54) is 0 Å². The number of aryl methyl sites for hydroxylation is 1. The maximum absolute atomic E-state index is 12.0. The van der Waals surface area contributed by atoms with Crippen molar-refractivity contribution < 1.29 is 19.1 Å². The molecule has 2 N–H and O–H groups in total. The first-order valence-corrected chi connectivity index (χ1v) is 8.95. The zero-order valence-corrected chi connectivity index (χ0v) is 15.8. The molecule has 0 bridgehead atoms. The average Bonchev–Trinajstić information content (AvgIpc) is 2.71. The number of hydrogen-bond acceptors (Lipinski definition) is 4. The molecule has 144 valence electrons. The van der Waals surface area contributed by atoms with Crippen molar-refractivity contribution in [1.29, 1.82) is 0 Å². The number of hydrogen-bond donors (Lipinski definition) is 2. The lowest BCUT2D eigenvalue weighted by molar-refractivity contribution is -0.133. The topological polar surface area (TPSA) is 76.7 Å². The molecule has 3 aromatic carbocycles. The van der Waals surface area contributed by atoms with Crippen molar-refractivity contribution in [2.24, 2.45) is 0 Å². The summed E-state index contributed by atoms with van der Waals surface area (Å²) in [6.45, 7) is 3.36. The van der Waals surface area contributed by atoms with Gasteiger partial charge in [0.25, 0.3) is 11.8 Å². The number of carbonyl (C=O) groups is 2. The van der Waals surface area contributed by atoms with Gasteiger partial charge in [-0.25, -0.2) is 0 Å². The van der Waals surface area contributed by atoms with Crippen LogP contribution in [0.4, 0.5) is 0 Å². The molecule has 28 heavy (non-hydrogen) atoms.